The maximum absolute atomic E-state index is 9.48. The van der Waals surface area contributed by atoms with Gasteiger partial charge in [0, 0.05) is 7.05 Å². The van der Waals surface area contributed by atoms with Gasteiger partial charge in [-0.3, -0.25) is 0 Å². The number of nitrogens with one attached hydrogen (secondary N) is 1. The highest BCUT2D eigenvalue weighted by Gasteiger charge is 1.72. The molecule has 0 spiro atoms. The van der Waals surface area contributed by atoms with Gasteiger partial charge in [0.2, 0.25) is 0 Å². The molecule has 0 atom stereocenters. The van der Waals surface area contributed by atoms with Crippen LogP contribution in [0, 0.1) is 0 Å². The van der Waals surface area contributed by atoms with Crippen molar-refractivity contribution in [3.8, 4) is 0 Å². The Bertz CT molecular complexity index is 47.8. The number of hydrogen-bond acceptors (Lipinski definition) is 2. The van der Waals surface area contributed by atoms with E-state index < -0.39 is 6.03 Å². The quantitative estimate of drug-likeness (QED) is 0.338. The third-order valence-corrected chi connectivity index (χ3v) is 0.246. The van der Waals surface area contributed by atoms with E-state index in [0.717, 1.165) is 0 Å². The van der Waals surface area contributed by atoms with Crippen molar-refractivity contribution in [1.82, 2.24) is 11.5 Å². The largest absolute Gasteiger partial charge is 0.412 e. The molecule has 0 unspecified atom stereocenters. The van der Waals surface area contributed by atoms with Gasteiger partial charge in [0.15, 0.2) is 0 Å². The lowest BCUT2D eigenvalue weighted by molar-refractivity contribution is 0.251. The molecule has 0 aromatic rings. The van der Waals surface area contributed by atoms with Crippen LogP contribution in [0.4, 0.5) is 4.79 Å². The number of hydrogen-bond donors (Lipinski definition) is 3. The summed E-state index contributed by atoms with van der Waals surface area (Å²) in [5, 5.41) is 2.17. The van der Waals surface area contributed by atoms with E-state index in [4.69, 9.17) is 0 Å². The molecule has 0 heterocycles. The Kier molecular flexibility index (Phi) is 56.0. The van der Waals surface area contributed by atoms with Gasteiger partial charge in [0.1, 0.15) is 0 Å². The molecule has 2 amide bonds. The van der Waals surface area contributed by atoms with E-state index in [9.17, 15) is 4.79 Å². The molecule has 8 heavy (non-hydrogen) atoms. The van der Waals surface area contributed by atoms with E-state index in [1.807, 2.05) is 0 Å². The maximum Gasteiger partial charge on any atom is 0.311 e. The van der Waals surface area contributed by atoms with Crippen molar-refractivity contribution >= 4 is 6.03 Å². The van der Waals surface area contributed by atoms with Crippen molar-refractivity contribution < 1.29 is 15.7 Å². The highest BCUT2D eigenvalue weighted by Crippen LogP contribution is 1.38. The minimum atomic E-state index is -0.495. The molecular formula is C2H13N3O3. The third-order valence-electron chi connectivity index (χ3n) is 0.246. The van der Waals surface area contributed by atoms with Crippen LogP contribution in [0.15, 0.2) is 0 Å². The number of rotatable bonds is 0. The standard InChI is InChI=1S/C2H6N2O.H3N.2H2O/c1-4-2(3)5;;;/h1H3,(H3,3,4,5);1H3;2*1H2. The third kappa shape index (κ3) is 67.1. The average Bonchev–Trinajstić information content (AvgIpc) is 1.38. The highest BCUT2D eigenvalue weighted by atomic mass is 16.2. The minimum absolute atomic E-state index is 0. The van der Waals surface area contributed by atoms with Gasteiger partial charge in [-0.05, 0) is 0 Å². The Balaban J connectivity index is -0.0000000267. The fraction of sp³-hybridized carbons (Fsp3) is 0.500. The van der Waals surface area contributed by atoms with Gasteiger partial charge in [-0.15, -0.1) is 0 Å². The van der Waals surface area contributed by atoms with Gasteiger partial charge in [-0.2, -0.15) is 0 Å². The lowest BCUT2D eigenvalue weighted by Crippen LogP contribution is -2.24. The van der Waals surface area contributed by atoms with Crippen molar-refractivity contribution in [3.05, 3.63) is 0 Å². The first-order valence-electron chi connectivity index (χ1n) is 1.24. The zero-order valence-electron chi connectivity index (χ0n) is 4.69. The van der Waals surface area contributed by atoms with Crippen LogP contribution in [0.25, 0.3) is 0 Å². The highest BCUT2D eigenvalue weighted by molar-refractivity contribution is 5.71. The van der Waals surface area contributed by atoms with E-state index in [0.29, 0.717) is 0 Å². The summed E-state index contributed by atoms with van der Waals surface area (Å²) < 4.78 is 0. The maximum atomic E-state index is 9.48. The molecule has 0 bridgehead atoms. The van der Waals surface area contributed by atoms with Gasteiger partial charge in [-0.1, -0.05) is 0 Å². The summed E-state index contributed by atoms with van der Waals surface area (Å²) in [4.78, 5) is 9.48. The number of carbonyl (C=O) groups excluding carboxylic acids is 1. The normalized spacial score (nSPS) is 4.12. The SMILES string of the molecule is CNC(N)=O.N.O.O. The predicted molar refractivity (Wildman–Crippen MR) is 30.9 cm³/mol. The molecule has 0 rings (SSSR count). The molecule has 54 valence electrons. The first-order valence-corrected chi connectivity index (χ1v) is 1.24. The summed E-state index contributed by atoms with van der Waals surface area (Å²) in [6.45, 7) is 0. The van der Waals surface area contributed by atoms with Crippen LogP contribution < -0.4 is 17.2 Å². The molecule has 0 aliphatic rings. The Hall–Kier alpha value is -0.850. The second-order valence-electron chi connectivity index (χ2n) is 0.614. The zero-order chi connectivity index (χ0) is 4.28. The molecule has 10 N–H and O–H groups in total. The molecule has 0 radical (unpaired) electrons. The Morgan fingerprint density at radius 2 is 1.62 bits per heavy atom. The lowest BCUT2D eigenvalue weighted by atomic mass is 11.1. The molecule has 6 heteroatoms. The summed E-state index contributed by atoms with van der Waals surface area (Å²) in [5.41, 5.74) is 4.54. The number of amides is 2. The zero-order valence-corrected chi connectivity index (χ0v) is 4.69. The van der Waals surface area contributed by atoms with E-state index in [1.165, 1.54) is 7.05 Å². The summed E-state index contributed by atoms with van der Waals surface area (Å²) in [7, 11) is 1.47. The second kappa shape index (κ2) is 16.4. The average molecular weight is 127 g/mol. The predicted octanol–water partition coefficient (Wildman–Crippen LogP) is -2.20. The molecule has 0 saturated heterocycles. The van der Waals surface area contributed by atoms with Crippen LogP contribution >= 0.6 is 0 Å². The van der Waals surface area contributed by atoms with Gasteiger partial charge in [0.25, 0.3) is 0 Å². The lowest BCUT2D eigenvalue weighted by Gasteiger charge is -1.80. The van der Waals surface area contributed by atoms with Crippen molar-refractivity contribution in [2.24, 2.45) is 5.73 Å². The molecule has 0 saturated carbocycles. The van der Waals surface area contributed by atoms with Gasteiger partial charge < -0.3 is 28.2 Å². The Labute approximate surface area is 47.3 Å². The monoisotopic (exact) mass is 127 g/mol. The van der Waals surface area contributed by atoms with Crippen molar-refractivity contribution in [2.45, 2.75) is 0 Å². The van der Waals surface area contributed by atoms with Crippen molar-refractivity contribution in [1.29, 1.82) is 0 Å². The minimum Gasteiger partial charge on any atom is -0.412 e. The Morgan fingerprint density at radius 3 is 1.62 bits per heavy atom. The molecule has 6 nitrogen and oxygen atoms in total. The van der Waals surface area contributed by atoms with Gasteiger partial charge in [-0.25, -0.2) is 4.79 Å². The first kappa shape index (κ1) is 27.3. The second-order valence-corrected chi connectivity index (χ2v) is 0.614. The topological polar surface area (TPSA) is 153 Å². The summed E-state index contributed by atoms with van der Waals surface area (Å²) in [5.74, 6) is 0. The smallest absolute Gasteiger partial charge is 0.311 e. The molecule has 0 aliphatic carbocycles. The first-order chi connectivity index (χ1) is 2.27. The van der Waals surface area contributed by atoms with E-state index in [-0.39, 0.29) is 17.1 Å². The number of primary amides is 1. The van der Waals surface area contributed by atoms with E-state index in [1.54, 1.807) is 0 Å². The molecule has 0 aliphatic heterocycles. The van der Waals surface area contributed by atoms with E-state index in [2.05, 4.69) is 11.1 Å². The Morgan fingerprint density at radius 1 is 1.50 bits per heavy atom. The fourth-order valence-electron chi connectivity index (χ4n) is 0. The van der Waals surface area contributed by atoms with E-state index >= 15 is 0 Å². The van der Waals surface area contributed by atoms with Crippen LogP contribution in [0.3, 0.4) is 0 Å². The van der Waals surface area contributed by atoms with Crippen molar-refractivity contribution in [3.63, 3.8) is 0 Å². The number of urea groups is 1. The molecule has 0 aromatic carbocycles. The fourth-order valence-corrected chi connectivity index (χ4v) is 0. The molecular weight excluding hydrogens is 114 g/mol. The summed E-state index contributed by atoms with van der Waals surface area (Å²) in [6.07, 6.45) is 0. The van der Waals surface area contributed by atoms with Crippen molar-refractivity contribution in [2.75, 3.05) is 7.05 Å². The number of nitrogens with two attached hydrogens (primary N) is 1. The molecule has 0 aromatic heterocycles. The van der Waals surface area contributed by atoms with Crippen LogP contribution in [0.1, 0.15) is 0 Å². The van der Waals surface area contributed by atoms with Crippen LogP contribution in [-0.2, 0) is 0 Å². The van der Waals surface area contributed by atoms with Gasteiger partial charge >= 0.3 is 6.03 Å². The molecule has 0 fully saturated rings. The summed E-state index contributed by atoms with van der Waals surface area (Å²) >= 11 is 0. The van der Waals surface area contributed by atoms with Crippen LogP contribution in [-0.4, -0.2) is 24.0 Å². The number of carbonyl (C=O) groups is 1. The van der Waals surface area contributed by atoms with Gasteiger partial charge in [0.05, 0.1) is 0 Å². The van der Waals surface area contributed by atoms with Crippen LogP contribution in [0.5, 0.6) is 0 Å². The van der Waals surface area contributed by atoms with Crippen LogP contribution in [0.2, 0.25) is 0 Å². The summed E-state index contributed by atoms with van der Waals surface area (Å²) in [6, 6.07) is -0.495.